The number of nitrogens with one attached hydrogen (secondary N) is 1. The Balaban J connectivity index is 2.14. The van der Waals surface area contributed by atoms with E-state index in [2.05, 4.69) is 10.4 Å². The van der Waals surface area contributed by atoms with Crippen molar-refractivity contribution in [1.82, 2.24) is 9.78 Å². The van der Waals surface area contributed by atoms with E-state index < -0.39 is 5.97 Å². The highest BCUT2D eigenvalue weighted by atomic mass is 35.5. The molecule has 0 aliphatic rings. The van der Waals surface area contributed by atoms with Gasteiger partial charge in [0.1, 0.15) is 0 Å². The van der Waals surface area contributed by atoms with Crippen molar-refractivity contribution in [2.24, 2.45) is 7.05 Å². The third-order valence-electron chi connectivity index (χ3n) is 3.19. The molecule has 0 unspecified atom stereocenters. The van der Waals surface area contributed by atoms with Crippen molar-refractivity contribution in [1.29, 1.82) is 0 Å². The minimum absolute atomic E-state index is 0.349. The quantitative estimate of drug-likeness (QED) is 0.881. The van der Waals surface area contributed by atoms with E-state index in [1.54, 1.807) is 12.1 Å². The van der Waals surface area contributed by atoms with Crippen LogP contribution in [0.5, 0.6) is 0 Å². The van der Waals surface area contributed by atoms with E-state index in [0.717, 1.165) is 16.9 Å². The minimum Gasteiger partial charge on any atom is -0.465 e. The van der Waals surface area contributed by atoms with Crippen LogP contribution in [0.2, 0.25) is 5.02 Å². The fraction of sp³-hybridized carbons (Fsp3) is 0.286. The molecule has 0 aliphatic heterocycles. The molecule has 0 radical (unpaired) electrons. The molecule has 0 saturated heterocycles. The third-order valence-corrected chi connectivity index (χ3v) is 3.52. The molecule has 2 rings (SSSR count). The van der Waals surface area contributed by atoms with E-state index in [4.69, 9.17) is 16.3 Å². The van der Waals surface area contributed by atoms with Gasteiger partial charge in [0.05, 0.1) is 23.9 Å². The number of aromatic nitrogens is 2. The molecule has 1 heterocycles. The summed E-state index contributed by atoms with van der Waals surface area (Å²) in [6.45, 7) is 2.63. The van der Waals surface area contributed by atoms with Gasteiger partial charge < -0.3 is 10.1 Å². The lowest BCUT2D eigenvalue weighted by Gasteiger charge is -2.09. The first-order chi connectivity index (χ1) is 9.52. The Kier molecular flexibility index (Phi) is 4.29. The average molecular weight is 294 g/mol. The summed E-state index contributed by atoms with van der Waals surface area (Å²) >= 11 is 5.97. The maximum atomic E-state index is 11.6. The number of carbonyl (C=O) groups excluding carboxylic acids is 1. The van der Waals surface area contributed by atoms with Crippen LogP contribution >= 0.6 is 11.6 Å². The van der Waals surface area contributed by atoms with Crippen LogP contribution in [0.1, 0.15) is 21.6 Å². The van der Waals surface area contributed by atoms with Crippen molar-refractivity contribution in [3.8, 4) is 0 Å². The summed E-state index contributed by atoms with van der Waals surface area (Å²) in [5.41, 5.74) is 3.35. The lowest BCUT2D eigenvalue weighted by Crippen LogP contribution is -2.05. The second-order valence-electron chi connectivity index (χ2n) is 4.42. The first-order valence-corrected chi connectivity index (χ1v) is 6.50. The summed E-state index contributed by atoms with van der Waals surface area (Å²) in [6.07, 6.45) is 1.82. The number of esters is 1. The van der Waals surface area contributed by atoms with Gasteiger partial charge in [-0.15, -0.1) is 0 Å². The number of benzene rings is 1. The first-order valence-electron chi connectivity index (χ1n) is 6.12. The Hall–Kier alpha value is -2.01. The van der Waals surface area contributed by atoms with E-state index in [0.29, 0.717) is 17.1 Å². The summed E-state index contributed by atoms with van der Waals surface area (Å²) in [5, 5.41) is 7.80. The summed E-state index contributed by atoms with van der Waals surface area (Å²) in [7, 11) is 3.23. The van der Waals surface area contributed by atoms with Crippen LogP contribution in [0.3, 0.4) is 0 Å². The van der Waals surface area contributed by atoms with E-state index in [1.165, 1.54) is 7.11 Å². The Morgan fingerprint density at radius 1 is 1.50 bits per heavy atom. The Morgan fingerprint density at radius 2 is 2.25 bits per heavy atom. The van der Waals surface area contributed by atoms with Crippen molar-refractivity contribution in [2.75, 3.05) is 12.4 Å². The normalized spacial score (nSPS) is 10.4. The fourth-order valence-corrected chi connectivity index (χ4v) is 2.01. The van der Waals surface area contributed by atoms with E-state index >= 15 is 0 Å². The van der Waals surface area contributed by atoms with Gasteiger partial charge >= 0.3 is 5.97 Å². The molecule has 0 bridgehead atoms. The smallest absolute Gasteiger partial charge is 0.339 e. The molecule has 0 atom stereocenters. The topological polar surface area (TPSA) is 56.1 Å². The molecule has 2 aromatic rings. The molecular weight excluding hydrogens is 278 g/mol. The second kappa shape index (κ2) is 5.96. The van der Waals surface area contributed by atoms with Gasteiger partial charge in [-0.2, -0.15) is 5.10 Å². The molecule has 0 fully saturated rings. The molecule has 0 spiro atoms. The molecule has 0 amide bonds. The number of rotatable bonds is 4. The van der Waals surface area contributed by atoms with Crippen molar-refractivity contribution in [2.45, 2.75) is 13.5 Å². The molecule has 106 valence electrons. The van der Waals surface area contributed by atoms with Crippen LogP contribution in [0.15, 0.2) is 24.4 Å². The van der Waals surface area contributed by atoms with Crippen molar-refractivity contribution < 1.29 is 9.53 Å². The van der Waals surface area contributed by atoms with Crippen LogP contribution in [0.25, 0.3) is 0 Å². The van der Waals surface area contributed by atoms with E-state index in [-0.39, 0.29) is 0 Å². The lowest BCUT2D eigenvalue weighted by atomic mass is 10.2. The SMILES string of the molecule is COC(=O)c1cc(NCc2cnn(C)c2C)ccc1Cl. The van der Waals surface area contributed by atoms with Crippen molar-refractivity contribution >= 4 is 23.3 Å². The Labute approximate surface area is 122 Å². The van der Waals surface area contributed by atoms with Crippen LogP contribution in [-0.4, -0.2) is 22.9 Å². The summed E-state index contributed by atoms with van der Waals surface area (Å²) in [6, 6.07) is 5.17. The zero-order valence-corrected chi connectivity index (χ0v) is 12.4. The van der Waals surface area contributed by atoms with Gasteiger partial charge in [-0.25, -0.2) is 4.79 Å². The summed E-state index contributed by atoms with van der Waals surface area (Å²) in [4.78, 5) is 11.6. The molecule has 5 nitrogen and oxygen atoms in total. The third kappa shape index (κ3) is 2.93. The largest absolute Gasteiger partial charge is 0.465 e. The highest BCUT2D eigenvalue weighted by Crippen LogP contribution is 2.22. The zero-order chi connectivity index (χ0) is 14.7. The number of ether oxygens (including phenoxy) is 1. The second-order valence-corrected chi connectivity index (χ2v) is 4.83. The highest BCUT2D eigenvalue weighted by Gasteiger charge is 2.11. The summed E-state index contributed by atoms with van der Waals surface area (Å²) in [5.74, 6) is -0.448. The van der Waals surface area contributed by atoms with Crippen LogP contribution in [-0.2, 0) is 18.3 Å². The maximum Gasteiger partial charge on any atom is 0.339 e. The van der Waals surface area contributed by atoms with Gasteiger partial charge in [-0.05, 0) is 25.1 Å². The standard InChI is InChI=1S/C14H16ClN3O2/c1-9-10(8-17-18(9)2)7-16-11-4-5-13(15)12(6-11)14(19)20-3/h4-6,8,16H,7H2,1-3H3. The van der Waals surface area contributed by atoms with Gasteiger partial charge in [-0.3, -0.25) is 4.68 Å². The monoisotopic (exact) mass is 293 g/mol. The Bertz CT molecular complexity index is 637. The van der Waals surface area contributed by atoms with Crippen LogP contribution < -0.4 is 5.32 Å². The van der Waals surface area contributed by atoms with Gasteiger partial charge in [0, 0.05) is 30.5 Å². The number of carbonyl (C=O) groups is 1. The number of methoxy groups -OCH3 is 1. The predicted octanol–water partition coefficient (Wildman–Crippen LogP) is 2.78. The molecule has 1 aromatic carbocycles. The molecular formula is C14H16ClN3O2. The molecule has 1 aromatic heterocycles. The molecule has 0 aliphatic carbocycles. The van der Waals surface area contributed by atoms with Crippen molar-refractivity contribution in [3.05, 3.63) is 46.2 Å². The van der Waals surface area contributed by atoms with Crippen LogP contribution in [0, 0.1) is 6.92 Å². The number of hydrogen-bond acceptors (Lipinski definition) is 4. The lowest BCUT2D eigenvalue weighted by molar-refractivity contribution is 0.0601. The maximum absolute atomic E-state index is 11.6. The van der Waals surface area contributed by atoms with Gasteiger partial charge in [0.15, 0.2) is 0 Å². The number of hydrogen-bond donors (Lipinski definition) is 1. The molecule has 1 N–H and O–H groups in total. The van der Waals surface area contributed by atoms with Crippen molar-refractivity contribution in [3.63, 3.8) is 0 Å². The highest BCUT2D eigenvalue weighted by molar-refractivity contribution is 6.33. The number of aryl methyl sites for hydroxylation is 1. The molecule has 0 saturated carbocycles. The number of halogens is 1. The molecule has 6 heteroatoms. The first kappa shape index (κ1) is 14.4. The van der Waals surface area contributed by atoms with Gasteiger partial charge in [-0.1, -0.05) is 11.6 Å². The Morgan fingerprint density at radius 3 is 2.85 bits per heavy atom. The van der Waals surface area contributed by atoms with Crippen LogP contribution in [0.4, 0.5) is 5.69 Å². The van der Waals surface area contributed by atoms with Gasteiger partial charge in [0.25, 0.3) is 0 Å². The molecule has 20 heavy (non-hydrogen) atoms. The van der Waals surface area contributed by atoms with E-state index in [9.17, 15) is 4.79 Å². The summed E-state index contributed by atoms with van der Waals surface area (Å²) < 4.78 is 6.51. The number of anilines is 1. The predicted molar refractivity (Wildman–Crippen MR) is 78.1 cm³/mol. The van der Waals surface area contributed by atoms with E-state index in [1.807, 2.05) is 30.9 Å². The fourth-order valence-electron chi connectivity index (χ4n) is 1.82. The average Bonchev–Trinajstić information content (AvgIpc) is 2.77. The number of nitrogens with zero attached hydrogens (tertiary/aromatic N) is 2. The van der Waals surface area contributed by atoms with Gasteiger partial charge in [0.2, 0.25) is 0 Å². The minimum atomic E-state index is -0.448. The zero-order valence-electron chi connectivity index (χ0n) is 11.6.